The highest BCUT2D eigenvalue weighted by Gasteiger charge is 2.49. The monoisotopic (exact) mass is 431 g/mol. The SMILES string of the molecule is O=C(OCc1ccccc1)N1c2cc(Br)c(F)cc2CCC1C(F)(F)F. The molecule has 0 N–H and O–H groups in total. The van der Waals surface area contributed by atoms with Crippen LogP contribution in [0.25, 0.3) is 0 Å². The van der Waals surface area contributed by atoms with Crippen LogP contribution in [0.2, 0.25) is 0 Å². The van der Waals surface area contributed by atoms with Crippen molar-refractivity contribution < 1.29 is 27.1 Å². The normalized spacial score (nSPS) is 17.0. The second-order valence-electron chi connectivity index (χ2n) is 5.90. The average Bonchev–Trinajstić information content (AvgIpc) is 2.60. The minimum atomic E-state index is -4.62. The molecule has 0 bridgehead atoms. The number of rotatable bonds is 2. The third-order valence-electron chi connectivity index (χ3n) is 4.16. The molecule has 3 rings (SSSR count). The van der Waals surface area contributed by atoms with Crippen molar-refractivity contribution in [3.8, 4) is 0 Å². The number of hydrogen-bond donors (Lipinski definition) is 0. The molecule has 138 valence electrons. The van der Waals surface area contributed by atoms with Crippen LogP contribution < -0.4 is 4.90 Å². The first-order valence-electron chi connectivity index (χ1n) is 7.82. The van der Waals surface area contributed by atoms with Gasteiger partial charge in [0.15, 0.2) is 0 Å². The van der Waals surface area contributed by atoms with Crippen LogP contribution in [-0.4, -0.2) is 18.3 Å². The number of benzene rings is 2. The van der Waals surface area contributed by atoms with Crippen LogP contribution in [-0.2, 0) is 17.8 Å². The topological polar surface area (TPSA) is 29.5 Å². The van der Waals surface area contributed by atoms with Crippen molar-refractivity contribution in [3.63, 3.8) is 0 Å². The second kappa shape index (κ2) is 7.26. The van der Waals surface area contributed by atoms with Crippen molar-refractivity contribution in [2.75, 3.05) is 4.90 Å². The Hall–Kier alpha value is -2.09. The Balaban J connectivity index is 1.92. The van der Waals surface area contributed by atoms with E-state index in [0.717, 1.165) is 6.07 Å². The smallest absolute Gasteiger partial charge is 0.415 e. The molecule has 0 aromatic heterocycles. The van der Waals surface area contributed by atoms with Gasteiger partial charge in [0.25, 0.3) is 0 Å². The zero-order chi connectivity index (χ0) is 18.9. The van der Waals surface area contributed by atoms with Crippen LogP contribution in [0.15, 0.2) is 46.9 Å². The summed E-state index contributed by atoms with van der Waals surface area (Å²) in [7, 11) is 0. The first-order valence-corrected chi connectivity index (χ1v) is 8.61. The highest BCUT2D eigenvalue weighted by atomic mass is 79.9. The molecule has 0 spiro atoms. The third-order valence-corrected chi connectivity index (χ3v) is 4.77. The quantitative estimate of drug-likeness (QED) is 0.578. The lowest BCUT2D eigenvalue weighted by Crippen LogP contribution is -2.51. The minimum absolute atomic E-state index is 0.00455. The van der Waals surface area contributed by atoms with Crippen molar-refractivity contribution >= 4 is 27.7 Å². The number of anilines is 1. The van der Waals surface area contributed by atoms with E-state index in [-0.39, 0.29) is 29.6 Å². The van der Waals surface area contributed by atoms with Gasteiger partial charge in [0.2, 0.25) is 0 Å². The summed E-state index contributed by atoms with van der Waals surface area (Å²) in [6.45, 7) is -0.154. The third kappa shape index (κ3) is 3.85. The number of aryl methyl sites for hydroxylation is 1. The molecule has 2 aromatic rings. The van der Waals surface area contributed by atoms with Crippen LogP contribution in [0.5, 0.6) is 0 Å². The van der Waals surface area contributed by atoms with Gasteiger partial charge in [0, 0.05) is 0 Å². The fraction of sp³-hybridized carbons (Fsp3) is 0.278. The van der Waals surface area contributed by atoms with Crippen LogP contribution in [0.4, 0.5) is 28.0 Å². The molecule has 0 fully saturated rings. The maximum Gasteiger partial charge on any atom is 0.415 e. The largest absolute Gasteiger partial charge is 0.444 e. The number of hydrogen-bond acceptors (Lipinski definition) is 2. The molecule has 26 heavy (non-hydrogen) atoms. The maximum absolute atomic E-state index is 13.7. The van der Waals surface area contributed by atoms with Gasteiger partial charge >= 0.3 is 12.3 Å². The fourth-order valence-electron chi connectivity index (χ4n) is 2.92. The van der Waals surface area contributed by atoms with Crippen LogP contribution in [0.3, 0.4) is 0 Å². The van der Waals surface area contributed by atoms with Crippen molar-refractivity contribution in [2.24, 2.45) is 0 Å². The Morgan fingerprint density at radius 1 is 1.23 bits per heavy atom. The fourth-order valence-corrected chi connectivity index (χ4v) is 3.25. The Labute approximate surface area is 155 Å². The van der Waals surface area contributed by atoms with Crippen molar-refractivity contribution in [1.82, 2.24) is 0 Å². The van der Waals surface area contributed by atoms with Crippen molar-refractivity contribution in [3.05, 3.63) is 63.9 Å². The Kier molecular flexibility index (Phi) is 5.22. The summed E-state index contributed by atoms with van der Waals surface area (Å²) in [6, 6.07) is 8.95. The summed E-state index contributed by atoms with van der Waals surface area (Å²) in [6.07, 6.45) is -6.07. The zero-order valence-electron chi connectivity index (χ0n) is 13.4. The molecule has 3 nitrogen and oxygen atoms in total. The highest BCUT2D eigenvalue weighted by Crippen LogP contribution is 2.40. The van der Waals surface area contributed by atoms with E-state index >= 15 is 0 Å². The predicted octanol–water partition coefficient (Wildman–Crippen LogP) is 5.61. The van der Waals surface area contributed by atoms with Gasteiger partial charge in [-0.25, -0.2) is 9.18 Å². The lowest BCUT2D eigenvalue weighted by molar-refractivity contribution is -0.150. The zero-order valence-corrected chi connectivity index (χ0v) is 15.0. The van der Waals surface area contributed by atoms with E-state index in [2.05, 4.69) is 15.9 Å². The van der Waals surface area contributed by atoms with Crippen LogP contribution >= 0.6 is 15.9 Å². The summed E-state index contributed by atoms with van der Waals surface area (Å²) in [4.78, 5) is 13.1. The van der Waals surface area contributed by atoms with Crippen molar-refractivity contribution in [1.29, 1.82) is 0 Å². The van der Waals surface area contributed by atoms with Crippen LogP contribution in [0, 0.1) is 5.82 Å². The maximum atomic E-state index is 13.7. The van der Waals surface area contributed by atoms with E-state index in [1.165, 1.54) is 6.07 Å². The molecule has 0 saturated carbocycles. The van der Waals surface area contributed by atoms with E-state index in [1.54, 1.807) is 30.3 Å². The molecule has 0 radical (unpaired) electrons. The van der Waals surface area contributed by atoms with Crippen molar-refractivity contribution in [2.45, 2.75) is 31.7 Å². The lowest BCUT2D eigenvalue weighted by atomic mass is 9.95. The summed E-state index contributed by atoms with van der Waals surface area (Å²) < 4.78 is 59.2. The second-order valence-corrected chi connectivity index (χ2v) is 6.76. The van der Waals surface area contributed by atoms with E-state index in [0.29, 0.717) is 16.0 Å². The van der Waals surface area contributed by atoms with E-state index in [1.807, 2.05) is 0 Å². The van der Waals surface area contributed by atoms with Gasteiger partial charge in [-0.3, -0.25) is 4.90 Å². The molecule has 1 aliphatic rings. The summed E-state index contributed by atoms with van der Waals surface area (Å²) in [5.41, 5.74) is 0.995. The Bertz CT molecular complexity index is 811. The molecule has 1 aliphatic heterocycles. The molecule has 0 aliphatic carbocycles. The number of halogens is 5. The van der Waals surface area contributed by atoms with E-state index in [9.17, 15) is 22.4 Å². The molecular weight excluding hydrogens is 418 g/mol. The number of amides is 1. The highest BCUT2D eigenvalue weighted by molar-refractivity contribution is 9.10. The van der Waals surface area contributed by atoms with Gasteiger partial charge in [0.05, 0.1) is 10.2 Å². The Morgan fingerprint density at radius 3 is 2.58 bits per heavy atom. The van der Waals surface area contributed by atoms with Gasteiger partial charge in [-0.1, -0.05) is 30.3 Å². The standard InChI is InChI=1S/C18H14BrF4NO2/c19-13-9-15-12(8-14(13)20)6-7-16(18(21,22)23)24(15)17(25)26-10-11-4-2-1-3-5-11/h1-5,8-9,16H,6-7,10H2. The molecule has 1 heterocycles. The number of alkyl halides is 3. The van der Waals surface area contributed by atoms with Gasteiger partial charge in [-0.05, 0) is 52.0 Å². The minimum Gasteiger partial charge on any atom is -0.444 e. The molecule has 8 heteroatoms. The summed E-state index contributed by atoms with van der Waals surface area (Å²) >= 11 is 2.96. The average molecular weight is 432 g/mol. The molecule has 2 aromatic carbocycles. The van der Waals surface area contributed by atoms with E-state index in [4.69, 9.17) is 4.74 Å². The first-order chi connectivity index (χ1) is 12.3. The Morgan fingerprint density at radius 2 is 1.92 bits per heavy atom. The number of ether oxygens (including phenoxy) is 1. The van der Waals surface area contributed by atoms with Gasteiger partial charge in [-0.15, -0.1) is 0 Å². The summed E-state index contributed by atoms with van der Waals surface area (Å²) in [5, 5.41) is 0. The number of carbonyl (C=O) groups excluding carboxylic acids is 1. The number of carbonyl (C=O) groups is 1. The molecular formula is C18H14BrF4NO2. The molecule has 1 amide bonds. The first kappa shape index (κ1) is 18.7. The lowest BCUT2D eigenvalue weighted by Gasteiger charge is -2.37. The van der Waals surface area contributed by atoms with Crippen LogP contribution in [0.1, 0.15) is 17.5 Å². The van der Waals surface area contributed by atoms with E-state index < -0.39 is 24.1 Å². The molecule has 1 atom stereocenters. The number of nitrogens with zero attached hydrogens (tertiary/aromatic N) is 1. The number of fused-ring (bicyclic) bond motifs is 1. The summed E-state index contributed by atoms with van der Waals surface area (Å²) in [5.74, 6) is -0.591. The van der Waals surface area contributed by atoms with Gasteiger partial charge in [0.1, 0.15) is 18.5 Å². The van der Waals surface area contributed by atoms with Gasteiger partial charge < -0.3 is 4.74 Å². The molecule has 0 saturated heterocycles. The predicted molar refractivity (Wildman–Crippen MR) is 91.4 cm³/mol. The molecule has 1 unspecified atom stereocenters. The van der Waals surface area contributed by atoms with Gasteiger partial charge in [-0.2, -0.15) is 13.2 Å².